The van der Waals surface area contributed by atoms with Crippen LogP contribution in [0, 0.1) is 0 Å². The van der Waals surface area contributed by atoms with Gasteiger partial charge >= 0.3 is 0 Å². The van der Waals surface area contributed by atoms with Crippen molar-refractivity contribution in [1.82, 2.24) is 9.97 Å². The van der Waals surface area contributed by atoms with Crippen molar-refractivity contribution in [1.29, 1.82) is 0 Å². The van der Waals surface area contributed by atoms with Gasteiger partial charge in [0, 0.05) is 24.9 Å². The molecule has 19 heavy (non-hydrogen) atoms. The summed E-state index contributed by atoms with van der Waals surface area (Å²) in [5.41, 5.74) is 0.408. The first-order valence-corrected chi connectivity index (χ1v) is 5.91. The van der Waals surface area contributed by atoms with Crippen molar-refractivity contribution < 1.29 is 13.5 Å². The second-order valence-electron chi connectivity index (χ2n) is 4.19. The molecule has 2 rings (SSSR count). The van der Waals surface area contributed by atoms with E-state index in [2.05, 4.69) is 9.97 Å². The van der Waals surface area contributed by atoms with E-state index in [1.807, 2.05) is 0 Å². The Morgan fingerprint density at radius 1 is 1.26 bits per heavy atom. The molecular weight excluding hydrogens is 274 g/mol. The van der Waals surface area contributed by atoms with E-state index in [1.165, 1.54) is 30.7 Å². The molecule has 2 heterocycles. The summed E-state index contributed by atoms with van der Waals surface area (Å²) < 4.78 is 31.3. The predicted octanol–water partition coefficient (Wildman–Crippen LogP) is 4.12. The van der Waals surface area contributed by atoms with Gasteiger partial charge in [-0.1, -0.05) is 11.6 Å². The van der Waals surface area contributed by atoms with Gasteiger partial charge in [0.2, 0.25) is 5.92 Å². The third-order valence-corrected chi connectivity index (χ3v) is 2.42. The minimum absolute atomic E-state index is 0.293. The normalized spacial score (nSPS) is 11.4. The predicted molar refractivity (Wildman–Crippen MR) is 67.9 cm³/mol. The fourth-order valence-electron chi connectivity index (χ4n) is 1.56. The van der Waals surface area contributed by atoms with Crippen molar-refractivity contribution in [2.75, 3.05) is 0 Å². The minimum Gasteiger partial charge on any atom is -0.456 e. The Morgan fingerprint density at radius 3 is 2.74 bits per heavy atom. The first-order chi connectivity index (χ1) is 8.92. The molecule has 0 aromatic carbocycles. The van der Waals surface area contributed by atoms with Crippen LogP contribution in [0.5, 0.6) is 11.5 Å². The van der Waals surface area contributed by atoms with Crippen LogP contribution in [0.4, 0.5) is 8.78 Å². The molecule has 0 fully saturated rings. The van der Waals surface area contributed by atoms with Gasteiger partial charge in [0.15, 0.2) is 0 Å². The molecule has 0 spiro atoms. The molecule has 3 nitrogen and oxygen atoms in total. The third-order valence-electron chi connectivity index (χ3n) is 2.22. The Hall–Kier alpha value is -1.75. The van der Waals surface area contributed by atoms with Gasteiger partial charge in [0.05, 0.1) is 6.20 Å². The Balaban J connectivity index is 2.15. The van der Waals surface area contributed by atoms with Crippen molar-refractivity contribution in [3.63, 3.8) is 0 Å². The molecule has 2 aromatic heterocycles. The number of hydrogen-bond acceptors (Lipinski definition) is 3. The van der Waals surface area contributed by atoms with Gasteiger partial charge in [-0.3, -0.25) is 4.98 Å². The smallest absolute Gasteiger partial charge is 0.249 e. The number of rotatable bonds is 4. The summed E-state index contributed by atoms with van der Waals surface area (Å²) in [6, 6.07) is 4.67. The Bertz CT molecular complexity index is 573. The lowest BCUT2D eigenvalue weighted by molar-refractivity contribution is 0.0225. The van der Waals surface area contributed by atoms with Gasteiger partial charge < -0.3 is 4.74 Å². The molecule has 0 saturated carbocycles. The first-order valence-electron chi connectivity index (χ1n) is 5.53. The van der Waals surface area contributed by atoms with Crippen LogP contribution in [0.15, 0.2) is 36.8 Å². The van der Waals surface area contributed by atoms with E-state index < -0.39 is 5.92 Å². The Kier molecular flexibility index (Phi) is 3.95. The highest BCUT2D eigenvalue weighted by Crippen LogP contribution is 2.25. The Labute approximate surface area is 114 Å². The summed E-state index contributed by atoms with van der Waals surface area (Å²) >= 11 is 5.72. The minimum atomic E-state index is -2.78. The van der Waals surface area contributed by atoms with Gasteiger partial charge in [0.25, 0.3) is 0 Å². The number of pyridine rings is 2. The Morgan fingerprint density at radius 2 is 2.05 bits per heavy atom. The zero-order valence-electron chi connectivity index (χ0n) is 10.1. The molecule has 0 unspecified atom stereocenters. The molecule has 0 amide bonds. The average molecular weight is 285 g/mol. The van der Waals surface area contributed by atoms with E-state index in [0.29, 0.717) is 22.2 Å². The van der Waals surface area contributed by atoms with Crippen LogP contribution < -0.4 is 4.74 Å². The zero-order valence-corrected chi connectivity index (χ0v) is 10.9. The van der Waals surface area contributed by atoms with Gasteiger partial charge in [-0.15, -0.1) is 0 Å². The van der Waals surface area contributed by atoms with Crippen LogP contribution in [-0.4, -0.2) is 15.9 Å². The molecule has 100 valence electrons. The largest absolute Gasteiger partial charge is 0.456 e. The van der Waals surface area contributed by atoms with Crippen molar-refractivity contribution in [2.24, 2.45) is 0 Å². The van der Waals surface area contributed by atoms with Crippen molar-refractivity contribution in [2.45, 2.75) is 19.3 Å². The van der Waals surface area contributed by atoms with Gasteiger partial charge in [-0.05, 0) is 24.6 Å². The van der Waals surface area contributed by atoms with Crippen molar-refractivity contribution >= 4 is 11.6 Å². The van der Waals surface area contributed by atoms with E-state index in [4.69, 9.17) is 16.3 Å². The summed E-state index contributed by atoms with van der Waals surface area (Å²) in [4.78, 5) is 7.70. The third kappa shape index (κ3) is 4.44. The maximum atomic E-state index is 12.9. The topological polar surface area (TPSA) is 35.0 Å². The van der Waals surface area contributed by atoms with Gasteiger partial charge in [-0.2, -0.15) is 0 Å². The monoisotopic (exact) mass is 284 g/mol. The van der Waals surface area contributed by atoms with Crippen LogP contribution in [0.3, 0.4) is 0 Å². The molecule has 0 N–H and O–H groups in total. The van der Waals surface area contributed by atoms with E-state index in [1.54, 1.807) is 6.07 Å². The SMILES string of the molecule is CC(F)(F)Cc1cncc(Oc2ccnc(Cl)c2)c1. The standard InChI is InChI=1S/C13H11ClF2N2O/c1-13(15,16)6-9-4-11(8-17-7-9)19-10-2-3-18-12(14)5-10/h2-5,7-8H,6H2,1H3. The fraction of sp³-hybridized carbons (Fsp3) is 0.231. The highest BCUT2D eigenvalue weighted by Gasteiger charge is 2.21. The van der Waals surface area contributed by atoms with Gasteiger partial charge in [0.1, 0.15) is 16.7 Å². The highest BCUT2D eigenvalue weighted by molar-refractivity contribution is 6.29. The van der Waals surface area contributed by atoms with Crippen LogP contribution >= 0.6 is 11.6 Å². The average Bonchev–Trinajstić information content (AvgIpc) is 2.27. The molecule has 2 aromatic rings. The lowest BCUT2D eigenvalue weighted by Gasteiger charge is -2.11. The summed E-state index contributed by atoms with van der Waals surface area (Å²) in [7, 11) is 0. The molecule has 0 aliphatic carbocycles. The van der Waals surface area contributed by atoms with E-state index in [-0.39, 0.29) is 6.42 Å². The summed E-state index contributed by atoms with van der Waals surface area (Å²) in [6.07, 6.45) is 3.96. The molecule has 0 saturated heterocycles. The number of ether oxygens (including phenoxy) is 1. The van der Waals surface area contributed by atoms with E-state index in [0.717, 1.165) is 6.92 Å². The quantitative estimate of drug-likeness (QED) is 0.792. The van der Waals surface area contributed by atoms with Crippen LogP contribution in [-0.2, 0) is 6.42 Å². The maximum absolute atomic E-state index is 12.9. The number of halogens is 3. The molecule has 0 bridgehead atoms. The van der Waals surface area contributed by atoms with Crippen LogP contribution in [0.2, 0.25) is 5.15 Å². The lowest BCUT2D eigenvalue weighted by Crippen LogP contribution is -2.13. The number of alkyl halides is 2. The van der Waals surface area contributed by atoms with E-state index in [9.17, 15) is 8.78 Å². The van der Waals surface area contributed by atoms with Crippen LogP contribution in [0.25, 0.3) is 0 Å². The zero-order chi connectivity index (χ0) is 13.9. The first kappa shape index (κ1) is 13.7. The number of nitrogens with zero attached hydrogens (tertiary/aromatic N) is 2. The molecular formula is C13H11ClF2N2O. The molecule has 6 heteroatoms. The lowest BCUT2D eigenvalue weighted by atomic mass is 10.1. The van der Waals surface area contributed by atoms with Crippen molar-refractivity contribution in [3.8, 4) is 11.5 Å². The summed E-state index contributed by atoms with van der Waals surface area (Å²) in [6.45, 7) is 0.864. The number of aromatic nitrogens is 2. The molecule has 0 aliphatic heterocycles. The second-order valence-corrected chi connectivity index (χ2v) is 4.58. The van der Waals surface area contributed by atoms with Crippen LogP contribution in [0.1, 0.15) is 12.5 Å². The molecule has 0 radical (unpaired) electrons. The molecule has 0 atom stereocenters. The maximum Gasteiger partial charge on any atom is 0.249 e. The summed E-state index contributed by atoms with van der Waals surface area (Å²) in [5.74, 6) is -1.92. The molecule has 0 aliphatic rings. The number of hydrogen-bond donors (Lipinski definition) is 0. The van der Waals surface area contributed by atoms with Crippen molar-refractivity contribution in [3.05, 3.63) is 47.5 Å². The summed E-state index contributed by atoms with van der Waals surface area (Å²) in [5, 5.41) is 0.293. The fourth-order valence-corrected chi connectivity index (χ4v) is 1.72. The second kappa shape index (κ2) is 5.48. The highest BCUT2D eigenvalue weighted by atomic mass is 35.5. The van der Waals surface area contributed by atoms with E-state index >= 15 is 0 Å². The van der Waals surface area contributed by atoms with Gasteiger partial charge in [-0.25, -0.2) is 13.8 Å².